The number of carbonyl (C=O) groups is 1. The third-order valence-electron chi connectivity index (χ3n) is 4.10. The molecule has 1 heterocycles. The van der Waals surface area contributed by atoms with Crippen molar-refractivity contribution in [2.45, 2.75) is 36.0 Å². The Hall–Kier alpha value is -1.18. The predicted octanol–water partition coefficient (Wildman–Crippen LogP) is 1.62. The Morgan fingerprint density at radius 3 is 2.52 bits per heavy atom. The Morgan fingerprint density at radius 1 is 1.35 bits per heavy atom. The van der Waals surface area contributed by atoms with Crippen LogP contribution in [0.25, 0.3) is 0 Å². The number of likely N-dealkylation sites (tertiary alicyclic amines) is 1. The van der Waals surface area contributed by atoms with Gasteiger partial charge in [-0.05, 0) is 51.1 Å². The maximum atomic E-state index is 12.9. The Labute approximate surface area is 142 Å². The van der Waals surface area contributed by atoms with Gasteiger partial charge in [-0.2, -0.15) is 0 Å². The Morgan fingerprint density at radius 2 is 1.96 bits per heavy atom. The summed E-state index contributed by atoms with van der Waals surface area (Å²) in [6, 6.07) is 4.75. The molecular formula is C15H22ClFN2O3S. The van der Waals surface area contributed by atoms with E-state index in [4.69, 9.17) is 0 Å². The van der Waals surface area contributed by atoms with Crippen molar-refractivity contribution in [2.24, 2.45) is 0 Å². The highest BCUT2D eigenvalue weighted by Gasteiger charge is 2.34. The molecule has 1 saturated heterocycles. The van der Waals surface area contributed by atoms with Gasteiger partial charge in [-0.1, -0.05) is 0 Å². The van der Waals surface area contributed by atoms with E-state index in [1.807, 2.05) is 7.05 Å². The first-order valence-corrected chi connectivity index (χ1v) is 8.86. The normalized spacial score (nSPS) is 19.8. The maximum Gasteiger partial charge on any atom is 0.241 e. The van der Waals surface area contributed by atoms with Crippen LogP contribution in [0.1, 0.15) is 19.8 Å². The molecule has 0 bridgehead atoms. The highest BCUT2D eigenvalue weighted by Crippen LogP contribution is 2.20. The Bertz CT molecular complexity index is 637. The molecule has 0 aromatic heterocycles. The zero-order valence-electron chi connectivity index (χ0n) is 13.2. The van der Waals surface area contributed by atoms with Crippen molar-refractivity contribution in [1.29, 1.82) is 0 Å². The molecule has 1 aliphatic rings. The van der Waals surface area contributed by atoms with Crippen LogP contribution in [0.2, 0.25) is 0 Å². The molecule has 1 aromatic rings. The SMILES string of the molecule is CNC1CCCN(C(=O)C(C)S(=O)(=O)c2ccc(F)cc2)C1.Cl. The van der Waals surface area contributed by atoms with Crippen LogP contribution in [0.5, 0.6) is 0 Å². The minimum Gasteiger partial charge on any atom is -0.340 e. The second-order valence-corrected chi connectivity index (χ2v) is 7.82. The average molecular weight is 365 g/mol. The summed E-state index contributed by atoms with van der Waals surface area (Å²) in [7, 11) is -1.98. The first-order valence-electron chi connectivity index (χ1n) is 7.31. The van der Waals surface area contributed by atoms with E-state index in [0.29, 0.717) is 13.1 Å². The molecule has 0 saturated carbocycles. The highest BCUT2D eigenvalue weighted by molar-refractivity contribution is 7.92. The molecule has 1 aliphatic heterocycles. The molecule has 2 rings (SSSR count). The Kier molecular flexibility index (Phi) is 6.98. The number of amides is 1. The number of nitrogens with one attached hydrogen (secondary N) is 1. The summed E-state index contributed by atoms with van der Waals surface area (Å²) in [6.45, 7) is 2.48. The number of hydrogen-bond acceptors (Lipinski definition) is 4. The van der Waals surface area contributed by atoms with Crippen LogP contribution in [0.3, 0.4) is 0 Å². The van der Waals surface area contributed by atoms with E-state index in [1.165, 1.54) is 19.1 Å². The fourth-order valence-electron chi connectivity index (χ4n) is 2.63. The van der Waals surface area contributed by atoms with Crippen molar-refractivity contribution in [3.05, 3.63) is 30.1 Å². The number of benzene rings is 1. The lowest BCUT2D eigenvalue weighted by Crippen LogP contribution is -2.50. The van der Waals surface area contributed by atoms with Crippen molar-refractivity contribution in [3.8, 4) is 0 Å². The fraction of sp³-hybridized carbons (Fsp3) is 0.533. The van der Waals surface area contributed by atoms with Crippen LogP contribution in [-0.4, -0.2) is 50.7 Å². The van der Waals surface area contributed by atoms with E-state index in [9.17, 15) is 17.6 Å². The van der Waals surface area contributed by atoms with Crippen LogP contribution in [0, 0.1) is 5.82 Å². The van der Waals surface area contributed by atoms with Gasteiger partial charge in [0, 0.05) is 19.1 Å². The monoisotopic (exact) mass is 364 g/mol. The highest BCUT2D eigenvalue weighted by atomic mass is 35.5. The minimum atomic E-state index is -3.81. The third kappa shape index (κ3) is 4.43. The summed E-state index contributed by atoms with van der Waals surface area (Å²) in [5, 5.41) is 1.95. The van der Waals surface area contributed by atoms with Crippen LogP contribution in [-0.2, 0) is 14.6 Å². The first-order chi connectivity index (χ1) is 10.4. The minimum absolute atomic E-state index is 0. The smallest absolute Gasteiger partial charge is 0.241 e. The summed E-state index contributed by atoms with van der Waals surface area (Å²) in [4.78, 5) is 14.1. The number of nitrogens with zero attached hydrogens (tertiary/aromatic N) is 1. The van der Waals surface area contributed by atoms with Gasteiger partial charge in [0.05, 0.1) is 4.90 Å². The molecule has 23 heavy (non-hydrogen) atoms. The van der Waals surface area contributed by atoms with Crippen molar-refractivity contribution in [1.82, 2.24) is 10.2 Å². The van der Waals surface area contributed by atoms with Gasteiger partial charge >= 0.3 is 0 Å². The number of hydrogen-bond donors (Lipinski definition) is 1. The first kappa shape index (κ1) is 19.9. The standard InChI is InChI=1S/C15H21FN2O3S.ClH/c1-11(15(19)18-9-3-4-13(10-18)17-2)22(20,21)14-7-5-12(16)6-8-14;/h5-8,11,13,17H,3-4,9-10H2,1-2H3;1H. The van der Waals surface area contributed by atoms with Crippen molar-refractivity contribution >= 4 is 28.2 Å². The second kappa shape index (κ2) is 8.08. The van der Waals surface area contributed by atoms with Crippen LogP contribution >= 0.6 is 12.4 Å². The van der Waals surface area contributed by atoms with Gasteiger partial charge in [0.15, 0.2) is 9.84 Å². The summed E-state index contributed by atoms with van der Waals surface area (Å²) in [5.41, 5.74) is 0. The Balaban J connectivity index is 0.00000264. The van der Waals surface area contributed by atoms with Gasteiger partial charge < -0.3 is 10.2 Å². The molecule has 1 N–H and O–H groups in total. The molecule has 0 spiro atoms. The lowest BCUT2D eigenvalue weighted by molar-refractivity contribution is -0.131. The third-order valence-corrected chi connectivity index (χ3v) is 6.16. The number of carbonyl (C=O) groups excluding carboxylic acids is 1. The van der Waals surface area contributed by atoms with E-state index in [0.717, 1.165) is 25.0 Å². The quantitative estimate of drug-likeness (QED) is 0.824. The summed E-state index contributed by atoms with van der Waals surface area (Å²) < 4.78 is 37.9. The van der Waals surface area contributed by atoms with Crippen molar-refractivity contribution < 1.29 is 17.6 Å². The summed E-state index contributed by atoms with van der Waals surface area (Å²) in [6.07, 6.45) is 1.82. The molecule has 0 aliphatic carbocycles. The summed E-state index contributed by atoms with van der Waals surface area (Å²) in [5.74, 6) is -0.907. The van der Waals surface area contributed by atoms with Gasteiger partial charge in [0.1, 0.15) is 11.1 Å². The number of piperidine rings is 1. The zero-order chi connectivity index (χ0) is 16.3. The number of halogens is 2. The maximum absolute atomic E-state index is 12.9. The van der Waals surface area contributed by atoms with Crippen molar-refractivity contribution in [2.75, 3.05) is 20.1 Å². The molecule has 1 fully saturated rings. The van der Waals surface area contributed by atoms with Crippen LogP contribution < -0.4 is 5.32 Å². The zero-order valence-corrected chi connectivity index (χ0v) is 14.8. The van der Waals surface area contributed by atoms with E-state index in [-0.39, 0.29) is 23.3 Å². The van der Waals surface area contributed by atoms with E-state index >= 15 is 0 Å². The predicted molar refractivity (Wildman–Crippen MR) is 89.0 cm³/mol. The van der Waals surface area contributed by atoms with Gasteiger partial charge in [0.25, 0.3) is 0 Å². The van der Waals surface area contributed by atoms with Crippen molar-refractivity contribution in [3.63, 3.8) is 0 Å². The molecule has 130 valence electrons. The molecule has 5 nitrogen and oxygen atoms in total. The molecular weight excluding hydrogens is 343 g/mol. The van der Waals surface area contributed by atoms with E-state index < -0.39 is 26.8 Å². The molecule has 2 atom stereocenters. The fourth-order valence-corrected chi connectivity index (χ4v) is 3.97. The van der Waals surface area contributed by atoms with E-state index in [1.54, 1.807) is 4.90 Å². The van der Waals surface area contributed by atoms with E-state index in [2.05, 4.69) is 5.32 Å². The number of sulfone groups is 1. The second-order valence-electron chi connectivity index (χ2n) is 5.55. The lowest BCUT2D eigenvalue weighted by atomic mass is 10.1. The molecule has 8 heteroatoms. The van der Waals surface area contributed by atoms with Gasteiger partial charge in [0.2, 0.25) is 5.91 Å². The average Bonchev–Trinajstić information content (AvgIpc) is 2.53. The number of rotatable bonds is 4. The number of likely N-dealkylation sites (N-methyl/N-ethyl adjacent to an activating group) is 1. The molecule has 1 amide bonds. The topological polar surface area (TPSA) is 66.5 Å². The largest absolute Gasteiger partial charge is 0.340 e. The molecule has 2 unspecified atom stereocenters. The molecule has 1 aromatic carbocycles. The van der Waals surface area contributed by atoms with Gasteiger partial charge in [-0.15, -0.1) is 12.4 Å². The summed E-state index contributed by atoms with van der Waals surface area (Å²) >= 11 is 0. The molecule has 0 radical (unpaired) electrons. The lowest BCUT2D eigenvalue weighted by Gasteiger charge is -2.34. The van der Waals surface area contributed by atoms with Crippen LogP contribution in [0.15, 0.2) is 29.2 Å². The van der Waals surface area contributed by atoms with Gasteiger partial charge in [-0.3, -0.25) is 4.79 Å². The van der Waals surface area contributed by atoms with Crippen LogP contribution in [0.4, 0.5) is 4.39 Å². The van der Waals surface area contributed by atoms with Gasteiger partial charge in [-0.25, -0.2) is 12.8 Å².